The highest BCUT2D eigenvalue weighted by molar-refractivity contribution is 6.90. The van der Waals surface area contributed by atoms with Crippen molar-refractivity contribution in [1.29, 1.82) is 0 Å². The first kappa shape index (κ1) is 41.6. The van der Waals surface area contributed by atoms with Gasteiger partial charge in [0.15, 0.2) is 0 Å². The van der Waals surface area contributed by atoms with E-state index in [1.54, 1.807) is 4.90 Å². The van der Waals surface area contributed by atoms with E-state index >= 15 is 0 Å². The van der Waals surface area contributed by atoms with Crippen molar-refractivity contribution in [3.05, 3.63) is 101 Å². The van der Waals surface area contributed by atoms with Crippen LogP contribution in [-0.2, 0) is 20.0 Å². The molecule has 2 heterocycles. The second kappa shape index (κ2) is 15.4. The van der Waals surface area contributed by atoms with Gasteiger partial charge < -0.3 is 18.6 Å². The number of amides is 1. The first-order chi connectivity index (χ1) is 26.4. The van der Waals surface area contributed by atoms with Gasteiger partial charge in [-0.2, -0.15) is 0 Å². The van der Waals surface area contributed by atoms with E-state index in [-0.39, 0.29) is 11.0 Å². The molecule has 1 aliphatic carbocycles. The number of fused-ring (bicyclic) bond motifs is 3. The zero-order chi connectivity index (χ0) is 41.0. The topological polar surface area (TPSA) is 57.2 Å². The Bertz CT molecular complexity index is 2000. The van der Waals surface area contributed by atoms with Crippen LogP contribution in [-0.4, -0.2) is 47.8 Å². The molecule has 3 aliphatic rings. The van der Waals surface area contributed by atoms with Crippen LogP contribution < -0.4 is 9.33 Å². The molecule has 6 rings (SSSR count). The van der Waals surface area contributed by atoms with E-state index < -0.39 is 52.4 Å². The van der Waals surface area contributed by atoms with E-state index in [2.05, 4.69) is 106 Å². The predicted octanol–water partition coefficient (Wildman–Crippen LogP) is 11.6. The number of carbonyl (C=O) groups is 1. The largest absolute Gasteiger partial charge is 0.543 e. The van der Waals surface area contributed by atoms with Gasteiger partial charge in [-0.25, -0.2) is 4.79 Å². The van der Waals surface area contributed by atoms with Crippen molar-refractivity contribution >= 4 is 33.7 Å². The first-order valence-electron chi connectivity index (χ1n) is 20.3. The summed E-state index contributed by atoms with van der Waals surface area (Å²) in [5, 5.41) is -0.0210. The molecule has 3 aromatic carbocycles. The molecule has 8 heteroatoms. The summed E-state index contributed by atoms with van der Waals surface area (Å²) >= 11 is 0. The molecule has 0 saturated carbocycles. The minimum Gasteiger partial charge on any atom is -0.543 e. The Morgan fingerprint density at radius 2 is 1.39 bits per heavy atom. The summed E-state index contributed by atoms with van der Waals surface area (Å²) in [6.07, 6.45) is 5.26. The van der Waals surface area contributed by atoms with Gasteiger partial charge in [-0.3, -0.25) is 4.90 Å². The smallest absolute Gasteiger partial charge is 0.415 e. The zero-order valence-corrected chi connectivity index (χ0v) is 37.7. The van der Waals surface area contributed by atoms with Crippen molar-refractivity contribution in [2.75, 3.05) is 12.0 Å². The molecule has 1 saturated heterocycles. The van der Waals surface area contributed by atoms with Gasteiger partial charge >= 0.3 is 6.09 Å². The molecular weight excluding hydrogens is 727 g/mol. The average Bonchev–Trinajstić information content (AvgIpc) is 3.57. The molecule has 5 atom stereocenters. The number of carbonyl (C=O) groups excluding carboxylic acids is 1. The highest BCUT2D eigenvalue weighted by Gasteiger charge is 2.60. The van der Waals surface area contributed by atoms with Crippen molar-refractivity contribution in [2.45, 2.75) is 128 Å². The van der Waals surface area contributed by atoms with Crippen LogP contribution in [0.4, 0.5) is 10.5 Å². The van der Waals surface area contributed by atoms with Gasteiger partial charge in [-0.1, -0.05) is 142 Å². The molecule has 0 aromatic heterocycles. The molecule has 6 nitrogen and oxygen atoms in total. The van der Waals surface area contributed by atoms with Crippen LogP contribution in [0, 0.1) is 35.6 Å². The van der Waals surface area contributed by atoms with Gasteiger partial charge in [0.2, 0.25) is 14.1 Å². The Labute approximate surface area is 338 Å². The molecular formula is C48H61NO5Si2. The second-order valence-corrected chi connectivity index (χ2v) is 28.6. The maximum Gasteiger partial charge on any atom is 0.415 e. The lowest BCUT2D eigenvalue weighted by molar-refractivity contribution is -0.153. The van der Waals surface area contributed by atoms with Crippen molar-refractivity contribution < 1.29 is 23.4 Å². The molecule has 0 unspecified atom stereocenters. The number of hydrogen-bond donors (Lipinski definition) is 0. The first-order valence-corrected chi connectivity index (χ1v) is 25.4. The lowest BCUT2D eigenvalue weighted by Gasteiger charge is -2.46. The van der Waals surface area contributed by atoms with Gasteiger partial charge in [0.25, 0.3) is 0 Å². The average molecular weight is 788 g/mol. The molecule has 0 N–H and O–H groups in total. The zero-order valence-electron chi connectivity index (χ0n) is 35.7. The number of anilines is 1. The third-order valence-electron chi connectivity index (χ3n) is 13.3. The molecule has 0 spiro atoms. The highest BCUT2D eigenvalue weighted by atomic mass is 28.4. The SMILES string of the molecule is C#C[C@H]1C2=C([C@@H](C)[C@@H]3OC(c4ccccc4)(c4ccccc4)O[C@@H]31)[C@H](C#C[Si](C(C)C)(C(C)C)C(C)C)N(C(=O)OC)c1ccc(O[Si](C)(C)C(C)(C)C)cc12. The summed E-state index contributed by atoms with van der Waals surface area (Å²) in [4.78, 5) is 16.0. The monoisotopic (exact) mass is 787 g/mol. The van der Waals surface area contributed by atoms with Gasteiger partial charge in [0.05, 0.1) is 24.8 Å². The minimum atomic E-state index is -2.25. The molecule has 0 radical (unpaired) electrons. The molecule has 3 aromatic rings. The molecule has 56 heavy (non-hydrogen) atoms. The molecule has 0 bridgehead atoms. The maximum atomic E-state index is 14.2. The summed E-state index contributed by atoms with van der Waals surface area (Å²) in [6, 6.07) is 25.6. The van der Waals surface area contributed by atoms with Gasteiger partial charge in [0, 0.05) is 22.6 Å². The van der Waals surface area contributed by atoms with Gasteiger partial charge in [0.1, 0.15) is 26.0 Å². The van der Waals surface area contributed by atoms with Crippen molar-refractivity contribution in [2.24, 2.45) is 11.8 Å². The summed E-state index contributed by atoms with van der Waals surface area (Å²) in [7, 11) is -3.05. The maximum absolute atomic E-state index is 14.2. The molecule has 1 amide bonds. The number of ether oxygens (including phenoxy) is 3. The molecule has 2 aliphatic heterocycles. The van der Waals surface area contributed by atoms with E-state index in [4.69, 9.17) is 25.1 Å². The van der Waals surface area contributed by atoms with Gasteiger partial charge in [-0.05, 0) is 64.1 Å². The van der Waals surface area contributed by atoms with E-state index in [9.17, 15) is 4.79 Å². The number of methoxy groups -OCH3 is 1. The van der Waals surface area contributed by atoms with Gasteiger partial charge in [-0.15, -0.1) is 12.0 Å². The van der Waals surface area contributed by atoms with E-state index in [1.807, 2.05) is 72.8 Å². The van der Waals surface area contributed by atoms with Crippen molar-refractivity contribution in [3.8, 4) is 29.6 Å². The quantitative estimate of drug-likeness (QED) is 0.176. The normalized spacial score (nSPS) is 23.2. The van der Waals surface area contributed by atoms with E-state index in [0.29, 0.717) is 22.3 Å². The van der Waals surface area contributed by atoms with Crippen LogP contribution in [0.15, 0.2) is 84.4 Å². The lowest BCUT2D eigenvalue weighted by atomic mass is 9.67. The van der Waals surface area contributed by atoms with E-state index in [0.717, 1.165) is 33.6 Å². The van der Waals surface area contributed by atoms with Crippen LogP contribution in [0.3, 0.4) is 0 Å². The van der Waals surface area contributed by atoms with Crippen LogP contribution in [0.2, 0.25) is 34.8 Å². The number of benzene rings is 3. The van der Waals surface area contributed by atoms with Crippen LogP contribution >= 0.6 is 0 Å². The number of hydrogen-bond acceptors (Lipinski definition) is 5. The Kier molecular flexibility index (Phi) is 11.4. The molecule has 1 fully saturated rings. The van der Waals surface area contributed by atoms with E-state index in [1.165, 1.54) is 7.11 Å². The van der Waals surface area contributed by atoms with Crippen LogP contribution in [0.1, 0.15) is 85.9 Å². The second-order valence-electron chi connectivity index (χ2n) is 18.3. The molecule has 296 valence electrons. The standard InChI is InChI=1S/C48H61NO5Si2/c1-15-38-43-39-30-37(54-55(13,14)47(9,10)11)26-27-40(39)49(46(50)51-12)41(28-29-56(31(2)3,32(4)5)33(6)7)42(43)34(8)44-45(38)53-48(52-44,35-22-18-16-19-23-35)36-24-20-17-21-25-36/h1,16-27,30-34,38,41,44-45H,2-14H3/t34-,38+,41+,44+,45-/m1/s1. The number of rotatable bonds is 7. The number of nitrogens with zero attached hydrogens (tertiary/aromatic N) is 1. The summed E-state index contributed by atoms with van der Waals surface area (Å²) in [5.41, 5.74) is 10.4. The summed E-state index contributed by atoms with van der Waals surface area (Å²) < 4.78 is 27.1. The van der Waals surface area contributed by atoms with Crippen molar-refractivity contribution in [3.63, 3.8) is 0 Å². The Hall–Kier alpha value is -4.06. The Morgan fingerprint density at radius 3 is 1.88 bits per heavy atom. The Balaban J connectivity index is 1.64. The summed E-state index contributed by atoms with van der Waals surface area (Å²) in [6.45, 7) is 27.2. The highest BCUT2D eigenvalue weighted by Crippen LogP contribution is 2.57. The predicted molar refractivity (Wildman–Crippen MR) is 234 cm³/mol. The van der Waals surface area contributed by atoms with Crippen LogP contribution in [0.25, 0.3) is 5.57 Å². The third kappa shape index (κ3) is 6.77. The fourth-order valence-corrected chi connectivity index (χ4v) is 15.7. The van der Waals surface area contributed by atoms with Crippen LogP contribution in [0.5, 0.6) is 5.75 Å². The van der Waals surface area contributed by atoms with Crippen molar-refractivity contribution in [1.82, 2.24) is 0 Å². The lowest BCUT2D eigenvalue weighted by Crippen LogP contribution is -2.52. The number of terminal acetylenes is 1. The Morgan fingerprint density at radius 1 is 0.857 bits per heavy atom. The fraction of sp³-hybridized carbons (Fsp3) is 0.479. The summed E-state index contributed by atoms with van der Waals surface area (Å²) in [5.74, 6) is 5.80. The third-order valence-corrected chi connectivity index (χ3v) is 23.9. The minimum absolute atomic E-state index is 0.0210. The fourth-order valence-electron chi connectivity index (χ4n) is 9.41.